The van der Waals surface area contributed by atoms with Crippen LogP contribution in [0.3, 0.4) is 0 Å². The van der Waals surface area contributed by atoms with Crippen molar-refractivity contribution in [2.24, 2.45) is 0 Å². The highest BCUT2D eigenvalue weighted by molar-refractivity contribution is 6.31. The van der Waals surface area contributed by atoms with Crippen LogP contribution < -0.4 is 0 Å². The standard InChI is InChI=1S/C16H16ClF3N4O2/c17-13-14(19)11(7-12(18)15(13)20)16(26)24-3-1-2-10(24)6-9-8-23(4-5-25)22-21-9/h7-8,10,25H,1-6H2. The highest BCUT2D eigenvalue weighted by Gasteiger charge is 2.33. The molecule has 2 heterocycles. The van der Waals surface area contributed by atoms with Crippen LogP contribution in [0.5, 0.6) is 0 Å². The van der Waals surface area contributed by atoms with Crippen molar-refractivity contribution in [2.45, 2.75) is 31.8 Å². The molecule has 140 valence electrons. The van der Waals surface area contributed by atoms with Crippen molar-refractivity contribution in [3.05, 3.63) is 46.0 Å². The molecule has 1 atom stereocenters. The van der Waals surface area contributed by atoms with Crippen molar-refractivity contribution in [1.29, 1.82) is 0 Å². The number of aromatic nitrogens is 3. The number of benzene rings is 1. The summed E-state index contributed by atoms with van der Waals surface area (Å²) in [6.07, 6.45) is 3.40. The maximum Gasteiger partial charge on any atom is 0.257 e. The lowest BCUT2D eigenvalue weighted by molar-refractivity contribution is 0.0730. The Balaban J connectivity index is 1.80. The molecule has 10 heteroatoms. The van der Waals surface area contributed by atoms with Gasteiger partial charge in [0.2, 0.25) is 0 Å². The molecule has 2 aromatic rings. The fourth-order valence-corrected chi connectivity index (χ4v) is 3.28. The third kappa shape index (κ3) is 3.54. The minimum Gasteiger partial charge on any atom is -0.394 e. The molecular weight excluding hydrogens is 373 g/mol. The number of aliphatic hydroxyl groups is 1. The predicted octanol–water partition coefficient (Wildman–Crippen LogP) is 2.19. The summed E-state index contributed by atoms with van der Waals surface area (Å²) in [7, 11) is 0. The van der Waals surface area contributed by atoms with Gasteiger partial charge in [-0.15, -0.1) is 5.10 Å². The smallest absolute Gasteiger partial charge is 0.257 e. The van der Waals surface area contributed by atoms with Gasteiger partial charge >= 0.3 is 0 Å². The van der Waals surface area contributed by atoms with E-state index in [1.807, 2.05) is 0 Å². The molecule has 26 heavy (non-hydrogen) atoms. The Hall–Kier alpha value is -2.13. The van der Waals surface area contributed by atoms with E-state index in [2.05, 4.69) is 10.3 Å². The van der Waals surface area contributed by atoms with E-state index in [0.29, 0.717) is 44.1 Å². The molecule has 1 saturated heterocycles. The van der Waals surface area contributed by atoms with Crippen molar-refractivity contribution >= 4 is 17.5 Å². The van der Waals surface area contributed by atoms with Crippen LogP contribution >= 0.6 is 11.6 Å². The summed E-state index contributed by atoms with van der Waals surface area (Å²) < 4.78 is 42.5. The molecule has 6 nitrogen and oxygen atoms in total. The van der Waals surface area contributed by atoms with Gasteiger partial charge in [-0.3, -0.25) is 4.79 Å². The summed E-state index contributed by atoms with van der Waals surface area (Å²) in [6.45, 7) is 0.593. The zero-order valence-electron chi connectivity index (χ0n) is 13.6. The topological polar surface area (TPSA) is 71.2 Å². The monoisotopic (exact) mass is 388 g/mol. The fourth-order valence-electron chi connectivity index (χ4n) is 3.08. The van der Waals surface area contributed by atoms with Gasteiger partial charge < -0.3 is 10.0 Å². The number of likely N-dealkylation sites (tertiary alicyclic amines) is 1. The van der Waals surface area contributed by atoms with Gasteiger partial charge in [0.05, 0.1) is 24.4 Å². The van der Waals surface area contributed by atoms with E-state index >= 15 is 0 Å². The maximum atomic E-state index is 14.2. The maximum absolute atomic E-state index is 14.2. The molecule has 1 aliphatic heterocycles. The molecule has 1 fully saturated rings. The molecule has 1 aromatic heterocycles. The average Bonchev–Trinajstić information content (AvgIpc) is 3.26. The minimum absolute atomic E-state index is 0.0764. The van der Waals surface area contributed by atoms with Gasteiger partial charge in [0.25, 0.3) is 5.91 Å². The van der Waals surface area contributed by atoms with Crippen LogP contribution in [0.4, 0.5) is 13.2 Å². The highest BCUT2D eigenvalue weighted by Crippen LogP contribution is 2.28. The number of nitrogens with zero attached hydrogens (tertiary/aromatic N) is 4. The van der Waals surface area contributed by atoms with Crippen molar-refractivity contribution in [1.82, 2.24) is 19.9 Å². The molecule has 0 aliphatic carbocycles. The zero-order valence-corrected chi connectivity index (χ0v) is 14.4. The summed E-state index contributed by atoms with van der Waals surface area (Å²) in [6, 6.07) is 0.263. The molecule has 1 amide bonds. The summed E-state index contributed by atoms with van der Waals surface area (Å²) in [5, 5.41) is 15.7. The Morgan fingerprint density at radius 1 is 1.35 bits per heavy atom. The zero-order chi connectivity index (χ0) is 18.8. The van der Waals surface area contributed by atoms with E-state index < -0.39 is 33.9 Å². The Labute approximate surface area is 152 Å². The summed E-state index contributed by atoms with van der Waals surface area (Å²) >= 11 is 5.44. The first-order valence-corrected chi connectivity index (χ1v) is 8.44. The largest absolute Gasteiger partial charge is 0.394 e. The molecule has 1 aromatic carbocycles. The first-order chi connectivity index (χ1) is 12.4. The first-order valence-electron chi connectivity index (χ1n) is 8.06. The SMILES string of the molecule is O=C(c1cc(F)c(F)c(Cl)c1F)N1CCCC1Cc1cn(CCO)nn1. The Kier molecular flexibility index (Phi) is 5.47. The van der Waals surface area contributed by atoms with Crippen LogP contribution in [-0.4, -0.2) is 50.1 Å². The lowest BCUT2D eigenvalue weighted by atomic mass is 10.1. The van der Waals surface area contributed by atoms with Gasteiger partial charge in [0.15, 0.2) is 17.5 Å². The van der Waals surface area contributed by atoms with Crippen LogP contribution in [0.1, 0.15) is 28.9 Å². The van der Waals surface area contributed by atoms with Crippen molar-refractivity contribution in [3.63, 3.8) is 0 Å². The van der Waals surface area contributed by atoms with E-state index in [0.717, 1.165) is 0 Å². The quantitative estimate of drug-likeness (QED) is 0.629. The van der Waals surface area contributed by atoms with Crippen molar-refractivity contribution < 1.29 is 23.1 Å². The molecule has 0 bridgehead atoms. The van der Waals surface area contributed by atoms with Gasteiger partial charge in [0.1, 0.15) is 5.02 Å². The summed E-state index contributed by atoms with van der Waals surface area (Å²) in [4.78, 5) is 14.1. The molecule has 0 saturated carbocycles. The van der Waals surface area contributed by atoms with E-state index in [1.165, 1.54) is 9.58 Å². The molecule has 3 rings (SSSR count). The molecule has 1 aliphatic rings. The van der Waals surface area contributed by atoms with Gasteiger partial charge in [-0.1, -0.05) is 16.8 Å². The minimum atomic E-state index is -1.51. The fraction of sp³-hybridized carbons (Fsp3) is 0.438. The van der Waals surface area contributed by atoms with Crippen LogP contribution in [0, 0.1) is 17.5 Å². The highest BCUT2D eigenvalue weighted by atomic mass is 35.5. The number of carbonyl (C=O) groups is 1. The Morgan fingerprint density at radius 3 is 2.85 bits per heavy atom. The van der Waals surface area contributed by atoms with Crippen molar-refractivity contribution in [2.75, 3.05) is 13.2 Å². The van der Waals surface area contributed by atoms with Crippen LogP contribution in [0.25, 0.3) is 0 Å². The molecule has 0 radical (unpaired) electrons. The van der Waals surface area contributed by atoms with Gasteiger partial charge in [-0.05, 0) is 18.9 Å². The van der Waals surface area contributed by atoms with E-state index in [4.69, 9.17) is 16.7 Å². The first kappa shape index (κ1) is 18.7. The molecule has 1 N–H and O–H groups in total. The number of aliphatic hydroxyl groups excluding tert-OH is 1. The number of hydrogen-bond donors (Lipinski definition) is 1. The van der Waals surface area contributed by atoms with Gasteiger partial charge in [0, 0.05) is 25.2 Å². The molecular formula is C16H16ClF3N4O2. The number of amides is 1. The second kappa shape index (κ2) is 7.63. The summed E-state index contributed by atoms with van der Waals surface area (Å²) in [5.74, 6) is -4.90. The van der Waals surface area contributed by atoms with Gasteiger partial charge in [-0.25, -0.2) is 17.9 Å². The van der Waals surface area contributed by atoms with Gasteiger partial charge in [-0.2, -0.15) is 0 Å². The predicted molar refractivity (Wildman–Crippen MR) is 86.2 cm³/mol. The number of carbonyl (C=O) groups excluding carboxylic acids is 1. The third-order valence-corrected chi connectivity index (χ3v) is 4.66. The number of hydrogen-bond acceptors (Lipinski definition) is 4. The Bertz CT molecular complexity index is 830. The van der Waals surface area contributed by atoms with Crippen LogP contribution in [0.15, 0.2) is 12.3 Å². The lowest BCUT2D eigenvalue weighted by Gasteiger charge is -2.24. The second-order valence-electron chi connectivity index (χ2n) is 6.04. The van der Waals surface area contributed by atoms with Crippen LogP contribution in [0.2, 0.25) is 5.02 Å². The second-order valence-corrected chi connectivity index (χ2v) is 6.42. The van der Waals surface area contributed by atoms with E-state index in [1.54, 1.807) is 6.20 Å². The number of halogens is 4. The van der Waals surface area contributed by atoms with E-state index in [-0.39, 0.29) is 12.6 Å². The average molecular weight is 389 g/mol. The van der Waals surface area contributed by atoms with Crippen LogP contribution in [-0.2, 0) is 13.0 Å². The summed E-state index contributed by atoms with van der Waals surface area (Å²) in [5.41, 5.74) is 0.0247. The normalized spacial score (nSPS) is 17.1. The lowest BCUT2D eigenvalue weighted by Crippen LogP contribution is -2.37. The molecule has 1 unspecified atom stereocenters. The van der Waals surface area contributed by atoms with E-state index in [9.17, 15) is 18.0 Å². The number of rotatable bonds is 5. The molecule has 0 spiro atoms. The third-order valence-electron chi connectivity index (χ3n) is 4.33. The van der Waals surface area contributed by atoms with Crippen molar-refractivity contribution in [3.8, 4) is 0 Å². The Morgan fingerprint density at radius 2 is 2.12 bits per heavy atom.